The van der Waals surface area contributed by atoms with E-state index in [1.807, 2.05) is 13.0 Å². The van der Waals surface area contributed by atoms with Crippen molar-refractivity contribution in [2.24, 2.45) is 4.99 Å². The summed E-state index contributed by atoms with van der Waals surface area (Å²) in [4.78, 5) is 6.89. The molecule has 1 aromatic rings. The van der Waals surface area contributed by atoms with Gasteiger partial charge in [-0.3, -0.25) is 4.90 Å². The van der Waals surface area contributed by atoms with Gasteiger partial charge in [0.05, 0.1) is 19.8 Å². The number of benzene rings is 1. The Balaban J connectivity index is 1.88. The van der Waals surface area contributed by atoms with Gasteiger partial charge in [-0.1, -0.05) is 12.1 Å². The summed E-state index contributed by atoms with van der Waals surface area (Å²) >= 11 is 0. The molecule has 1 aliphatic rings. The lowest BCUT2D eigenvalue weighted by Gasteiger charge is -2.32. The number of morpholine rings is 1. The Labute approximate surface area is 164 Å². The third kappa shape index (κ3) is 8.35. The largest absolute Gasteiger partial charge is 0.484 e. The fourth-order valence-corrected chi connectivity index (χ4v) is 2.80. The van der Waals surface area contributed by atoms with Crippen molar-refractivity contribution >= 4 is 5.96 Å². The lowest BCUT2D eigenvalue weighted by molar-refractivity contribution is -0.153. The maximum absolute atomic E-state index is 12.3. The summed E-state index contributed by atoms with van der Waals surface area (Å²) in [6.07, 6.45) is -4.35. The predicted molar refractivity (Wildman–Crippen MR) is 103 cm³/mol. The van der Waals surface area contributed by atoms with Crippen LogP contribution < -0.4 is 15.4 Å². The van der Waals surface area contributed by atoms with Gasteiger partial charge in [0.25, 0.3) is 0 Å². The molecule has 1 fully saturated rings. The Kier molecular flexibility index (Phi) is 8.85. The van der Waals surface area contributed by atoms with E-state index in [0.29, 0.717) is 25.1 Å². The highest BCUT2D eigenvalue weighted by atomic mass is 19.4. The van der Waals surface area contributed by atoms with Crippen molar-refractivity contribution in [3.8, 4) is 5.75 Å². The fraction of sp³-hybridized carbons (Fsp3) is 0.632. The van der Waals surface area contributed by atoms with E-state index < -0.39 is 12.8 Å². The molecule has 2 N–H and O–H groups in total. The van der Waals surface area contributed by atoms with Crippen LogP contribution in [0.15, 0.2) is 29.3 Å². The molecule has 0 bridgehead atoms. The van der Waals surface area contributed by atoms with Crippen molar-refractivity contribution in [3.63, 3.8) is 0 Å². The molecule has 0 radical (unpaired) electrons. The minimum absolute atomic E-state index is 0.184. The minimum Gasteiger partial charge on any atom is -0.484 e. The van der Waals surface area contributed by atoms with E-state index in [1.54, 1.807) is 12.1 Å². The summed E-state index contributed by atoms with van der Waals surface area (Å²) in [6, 6.07) is 6.90. The Bertz CT molecular complexity index is 619. The van der Waals surface area contributed by atoms with Crippen molar-refractivity contribution in [1.82, 2.24) is 15.5 Å². The molecule has 0 aliphatic carbocycles. The molecule has 0 spiro atoms. The summed E-state index contributed by atoms with van der Waals surface area (Å²) in [5.41, 5.74) is 0.776. The second-order valence-electron chi connectivity index (χ2n) is 6.62. The molecule has 0 amide bonds. The average Bonchev–Trinajstić information content (AvgIpc) is 2.69. The number of aliphatic imine (C=N–C) groups is 1. The quantitative estimate of drug-likeness (QED) is 0.517. The molecular weight excluding hydrogens is 373 g/mol. The number of halogens is 3. The van der Waals surface area contributed by atoms with Crippen LogP contribution in [0.3, 0.4) is 0 Å². The van der Waals surface area contributed by atoms with E-state index in [2.05, 4.69) is 27.4 Å². The maximum Gasteiger partial charge on any atom is 0.422 e. The van der Waals surface area contributed by atoms with Crippen LogP contribution >= 0.6 is 0 Å². The molecule has 1 aliphatic heterocycles. The monoisotopic (exact) mass is 402 g/mol. The first kappa shape index (κ1) is 22.3. The van der Waals surface area contributed by atoms with Crippen LogP contribution in [0.25, 0.3) is 0 Å². The Morgan fingerprint density at radius 3 is 2.71 bits per heavy atom. The number of hydrogen-bond acceptors (Lipinski definition) is 4. The number of nitrogens with one attached hydrogen (secondary N) is 2. The molecule has 158 valence electrons. The molecule has 6 nitrogen and oxygen atoms in total. The number of ether oxygens (including phenoxy) is 2. The molecule has 0 saturated carbocycles. The van der Waals surface area contributed by atoms with Gasteiger partial charge in [-0.15, -0.1) is 0 Å². The van der Waals surface area contributed by atoms with E-state index in [-0.39, 0.29) is 5.75 Å². The zero-order valence-corrected chi connectivity index (χ0v) is 16.4. The summed E-state index contributed by atoms with van der Waals surface area (Å²) in [6.45, 7) is 7.97. The van der Waals surface area contributed by atoms with E-state index in [9.17, 15) is 13.2 Å². The third-order valence-electron chi connectivity index (χ3n) is 4.30. The third-order valence-corrected chi connectivity index (χ3v) is 4.30. The van der Waals surface area contributed by atoms with E-state index in [1.165, 1.54) is 6.07 Å². The molecule has 9 heteroatoms. The second-order valence-corrected chi connectivity index (χ2v) is 6.62. The Morgan fingerprint density at radius 1 is 1.29 bits per heavy atom. The van der Waals surface area contributed by atoms with Gasteiger partial charge in [-0.25, -0.2) is 4.99 Å². The molecule has 1 unspecified atom stereocenters. The second kappa shape index (κ2) is 11.1. The topological polar surface area (TPSA) is 58.1 Å². The van der Waals surface area contributed by atoms with Crippen molar-refractivity contribution in [2.75, 3.05) is 46.0 Å². The number of alkyl halides is 3. The van der Waals surface area contributed by atoms with E-state index in [4.69, 9.17) is 9.47 Å². The SMILES string of the molecule is CCNC(=NCc1cccc(OCC(F)(F)F)c1)NCC(C)N1CCOCC1. The first-order valence-electron chi connectivity index (χ1n) is 9.50. The van der Waals surface area contributed by atoms with Gasteiger partial charge in [0.15, 0.2) is 12.6 Å². The van der Waals surface area contributed by atoms with E-state index >= 15 is 0 Å². The molecule has 1 atom stereocenters. The maximum atomic E-state index is 12.3. The molecule has 1 aromatic carbocycles. The number of nitrogens with zero attached hydrogens (tertiary/aromatic N) is 2. The Morgan fingerprint density at radius 2 is 2.04 bits per heavy atom. The van der Waals surface area contributed by atoms with Crippen LogP contribution in [-0.4, -0.2) is 69.1 Å². The van der Waals surface area contributed by atoms with E-state index in [0.717, 1.165) is 38.4 Å². The van der Waals surface area contributed by atoms with Gasteiger partial charge in [-0.2, -0.15) is 13.2 Å². The van der Waals surface area contributed by atoms with Gasteiger partial charge >= 0.3 is 6.18 Å². The molecule has 0 aromatic heterocycles. The first-order valence-corrected chi connectivity index (χ1v) is 9.50. The van der Waals surface area contributed by atoms with Gasteiger partial charge in [0.2, 0.25) is 0 Å². The summed E-state index contributed by atoms with van der Waals surface area (Å²) in [5.74, 6) is 0.855. The number of rotatable bonds is 8. The molecule has 2 rings (SSSR count). The van der Waals surface area contributed by atoms with Gasteiger partial charge in [0, 0.05) is 32.2 Å². The predicted octanol–water partition coefficient (Wildman–Crippen LogP) is 2.40. The smallest absolute Gasteiger partial charge is 0.422 e. The Hall–Kier alpha value is -2.00. The van der Waals surface area contributed by atoms with Crippen molar-refractivity contribution in [2.45, 2.75) is 32.6 Å². The summed E-state index contributed by atoms with van der Waals surface area (Å²) < 4.78 is 47.0. The normalized spacial score (nSPS) is 17.2. The highest BCUT2D eigenvalue weighted by Gasteiger charge is 2.28. The van der Waals surface area contributed by atoms with Crippen LogP contribution in [-0.2, 0) is 11.3 Å². The van der Waals surface area contributed by atoms with Gasteiger partial charge in [0.1, 0.15) is 5.75 Å². The molecule has 1 heterocycles. The first-order chi connectivity index (χ1) is 13.4. The standard InChI is InChI=1S/C19H29F3N4O2/c1-3-23-18(24-12-15(2)26-7-9-27-10-8-26)25-13-16-5-4-6-17(11-16)28-14-19(20,21)22/h4-6,11,15H,3,7-10,12-14H2,1-2H3,(H2,23,24,25). The lowest BCUT2D eigenvalue weighted by atomic mass is 10.2. The van der Waals surface area contributed by atoms with Crippen molar-refractivity contribution in [3.05, 3.63) is 29.8 Å². The van der Waals surface area contributed by atoms with Crippen LogP contribution in [0, 0.1) is 0 Å². The lowest BCUT2D eigenvalue weighted by Crippen LogP contribution is -2.49. The summed E-state index contributed by atoms with van der Waals surface area (Å²) in [7, 11) is 0. The minimum atomic E-state index is -4.35. The van der Waals surface area contributed by atoms with Crippen molar-refractivity contribution < 1.29 is 22.6 Å². The number of guanidine groups is 1. The zero-order valence-electron chi connectivity index (χ0n) is 16.4. The van der Waals surface area contributed by atoms with Gasteiger partial charge in [-0.05, 0) is 31.5 Å². The van der Waals surface area contributed by atoms with Crippen LogP contribution in [0.1, 0.15) is 19.4 Å². The van der Waals surface area contributed by atoms with Crippen LogP contribution in [0.5, 0.6) is 5.75 Å². The van der Waals surface area contributed by atoms with Gasteiger partial charge < -0.3 is 20.1 Å². The highest BCUT2D eigenvalue weighted by Crippen LogP contribution is 2.19. The summed E-state index contributed by atoms with van der Waals surface area (Å²) in [5, 5.41) is 6.51. The van der Waals surface area contributed by atoms with Crippen molar-refractivity contribution in [1.29, 1.82) is 0 Å². The average molecular weight is 402 g/mol. The molecule has 1 saturated heterocycles. The van der Waals surface area contributed by atoms with Crippen LogP contribution in [0.2, 0.25) is 0 Å². The highest BCUT2D eigenvalue weighted by molar-refractivity contribution is 5.79. The fourth-order valence-electron chi connectivity index (χ4n) is 2.80. The molecular formula is C19H29F3N4O2. The molecule has 28 heavy (non-hydrogen) atoms. The zero-order chi connectivity index (χ0) is 20.4. The van der Waals surface area contributed by atoms with Crippen LogP contribution in [0.4, 0.5) is 13.2 Å². The number of hydrogen-bond donors (Lipinski definition) is 2.